The minimum Gasteiger partial charge on any atom is -0.327 e. The maximum Gasteiger partial charge on any atom is 0.00670 e. The standard InChI is InChI=1S/C12H27N/c1-4-7-10-11(8-5-2)12(13)9-6-3/h11-12H,4-10,13H2,1-3H3/t11?,12-/m1/s1. The van der Waals surface area contributed by atoms with Crippen LogP contribution in [0.5, 0.6) is 0 Å². The van der Waals surface area contributed by atoms with Crippen LogP contribution >= 0.6 is 0 Å². The van der Waals surface area contributed by atoms with E-state index in [0.29, 0.717) is 6.04 Å². The monoisotopic (exact) mass is 185 g/mol. The summed E-state index contributed by atoms with van der Waals surface area (Å²) in [7, 11) is 0. The Labute approximate surface area is 84.1 Å². The molecule has 2 N–H and O–H groups in total. The topological polar surface area (TPSA) is 26.0 Å². The van der Waals surface area contributed by atoms with Crippen molar-refractivity contribution in [2.24, 2.45) is 11.7 Å². The van der Waals surface area contributed by atoms with Crippen molar-refractivity contribution in [3.8, 4) is 0 Å². The van der Waals surface area contributed by atoms with Crippen LogP contribution < -0.4 is 5.73 Å². The first kappa shape index (κ1) is 13.0. The summed E-state index contributed by atoms with van der Waals surface area (Å²) in [6.07, 6.45) is 9.03. The number of nitrogens with two attached hydrogens (primary N) is 1. The maximum atomic E-state index is 6.16. The fraction of sp³-hybridized carbons (Fsp3) is 1.00. The SMILES string of the molecule is CCCCC(CCC)[C@H](N)CCC. The zero-order valence-corrected chi connectivity index (χ0v) is 9.68. The van der Waals surface area contributed by atoms with Crippen molar-refractivity contribution < 1.29 is 0 Å². The number of rotatable bonds is 8. The van der Waals surface area contributed by atoms with Gasteiger partial charge < -0.3 is 5.73 Å². The lowest BCUT2D eigenvalue weighted by atomic mass is 9.88. The zero-order valence-electron chi connectivity index (χ0n) is 9.68. The van der Waals surface area contributed by atoms with Gasteiger partial charge in [0.15, 0.2) is 0 Å². The minimum absolute atomic E-state index is 0.455. The highest BCUT2D eigenvalue weighted by Gasteiger charge is 2.14. The molecule has 0 aliphatic rings. The quantitative estimate of drug-likeness (QED) is 0.613. The second-order valence-electron chi connectivity index (χ2n) is 4.14. The predicted molar refractivity (Wildman–Crippen MR) is 60.8 cm³/mol. The molecule has 0 spiro atoms. The van der Waals surface area contributed by atoms with E-state index in [0.717, 1.165) is 5.92 Å². The van der Waals surface area contributed by atoms with Crippen LogP contribution in [0.1, 0.15) is 65.7 Å². The van der Waals surface area contributed by atoms with Gasteiger partial charge in [0.25, 0.3) is 0 Å². The summed E-state index contributed by atoms with van der Waals surface area (Å²) in [6.45, 7) is 6.74. The molecule has 0 aliphatic carbocycles. The Balaban J connectivity index is 3.75. The largest absolute Gasteiger partial charge is 0.327 e. The van der Waals surface area contributed by atoms with Crippen LogP contribution in [0.15, 0.2) is 0 Å². The van der Waals surface area contributed by atoms with Crippen molar-refractivity contribution in [1.82, 2.24) is 0 Å². The summed E-state index contributed by atoms with van der Waals surface area (Å²) in [5.41, 5.74) is 6.16. The Morgan fingerprint density at radius 2 is 1.46 bits per heavy atom. The molecule has 0 bridgehead atoms. The fourth-order valence-electron chi connectivity index (χ4n) is 1.98. The molecule has 0 aliphatic heterocycles. The van der Waals surface area contributed by atoms with E-state index in [-0.39, 0.29) is 0 Å². The first-order chi connectivity index (χ1) is 6.26. The third-order valence-corrected chi connectivity index (χ3v) is 2.82. The van der Waals surface area contributed by atoms with Crippen LogP contribution in [0.2, 0.25) is 0 Å². The lowest BCUT2D eigenvalue weighted by Crippen LogP contribution is -2.29. The molecule has 1 nitrogen and oxygen atoms in total. The molecule has 0 saturated heterocycles. The molecular weight excluding hydrogens is 158 g/mol. The van der Waals surface area contributed by atoms with Gasteiger partial charge in [0.2, 0.25) is 0 Å². The number of unbranched alkanes of at least 4 members (excludes halogenated alkanes) is 1. The molecule has 80 valence electrons. The van der Waals surface area contributed by atoms with E-state index in [1.165, 1.54) is 44.9 Å². The van der Waals surface area contributed by atoms with E-state index in [9.17, 15) is 0 Å². The summed E-state index contributed by atoms with van der Waals surface area (Å²) >= 11 is 0. The second-order valence-corrected chi connectivity index (χ2v) is 4.14. The molecule has 13 heavy (non-hydrogen) atoms. The average molecular weight is 185 g/mol. The van der Waals surface area contributed by atoms with E-state index in [4.69, 9.17) is 5.73 Å². The van der Waals surface area contributed by atoms with E-state index >= 15 is 0 Å². The summed E-state index contributed by atoms with van der Waals surface area (Å²) in [4.78, 5) is 0. The molecule has 0 aromatic rings. The molecule has 0 rings (SSSR count). The van der Waals surface area contributed by atoms with Gasteiger partial charge in [-0.05, 0) is 25.2 Å². The number of hydrogen-bond donors (Lipinski definition) is 1. The van der Waals surface area contributed by atoms with Gasteiger partial charge in [-0.15, -0.1) is 0 Å². The third kappa shape index (κ3) is 6.09. The smallest absolute Gasteiger partial charge is 0.00670 e. The summed E-state index contributed by atoms with van der Waals surface area (Å²) in [5.74, 6) is 0.782. The van der Waals surface area contributed by atoms with Gasteiger partial charge in [0.05, 0.1) is 0 Å². The molecule has 1 unspecified atom stereocenters. The molecule has 0 radical (unpaired) electrons. The van der Waals surface area contributed by atoms with E-state index < -0.39 is 0 Å². The van der Waals surface area contributed by atoms with E-state index in [1.807, 2.05) is 0 Å². The zero-order chi connectivity index (χ0) is 10.1. The van der Waals surface area contributed by atoms with Crippen LogP contribution in [0.4, 0.5) is 0 Å². The van der Waals surface area contributed by atoms with Crippen LogP contribution in [0.25, 0.3) is 0 Å². The lowest BCUT2D eigenvalue weighted by Gasteiger charge is -2.22. The van der Waals surface area contributed by atoms with Crippen molar-refractivity contribution in [2.45, 2.75) is 71.8 Å². The highest BCUT2D eigenvalue weighted by molar-refractivity contribution is 4.72. The van der Waals surface area contributed by atoms with Crippen LogP contribution in [0.3, 0.4) is 0 Å². The third-order valence-electron chi connectivity index (χ3n) is 2.82. The van der Waals surface area contributed by atoms with Crippen LogP contribution in [0, 0.1) is 5.92 Å². The molecule has 2 atom stereocenters. The van der Waals surface area contributed by atoms with Crippen molar-refractivity contribution in [1.29, 1.82) is 0 Å². The van der Waals surface area contributed by atoms with Gasteiger partial charge in [-0.25, -0.2) is 0 Å². The van der Waals surface area contributed by atoms with Gasteiger partial charge in [-0.2, -0.15) is 0 Å². The van der Waals surface area contributed by atoms with Crippen molar-refractivity contribution >= 4 is 0 Å². The highest BCUT2D eigenvalue weighted by Crippen LogP contribution is 2.20. The summed E-state index contributed by atoms with van der Waals surface area (Å²) in [5, 5.41) is 0. The summed E-state index contributed by atoms with van der Waals surface area (Å²) in [6, 6.07) is 0.455. The molecular formula is C12H27N. The Morgan fingerprint density at radius 1 is 0.846 bits per heavy atom. The van der Waals surface area contributed by atoms with Gasteiger partial charge in [-0.1, -0.05) is 46.5 Å². The normalized spacial score (nSPS) is 15.7. The first-order valence-corrected chi connectivity index (χ1v) is 6.01. The van der Waals surface area contributed by atoms with Gasteiger partial charge in [0.1, 0.15) is 0 Å². The molecule has 0 saturated carbocycles. The van der Waals surface area contributed by atoms with Crippen molar-refractivity contribution in [3.05, 3.63) is 0 Å². The van der Waals surface area contributed by atoms with Crippen LogP contribution in [-0.4, -0.2) is 6.04 Å². The Kier molecular flexibility index (Phi) is 8.53. The van der Waals surface area contributed by atoms with E-state index in [1.54, 1.807) is 0 Å². The average Bonchev–Trinajstić information content (AvgIpc) is 2.12. The Morgan fingerprint density at radius 3 is 1.92 bits per heavy atom. The van der Waals surface area contributed by atoms with Gasteiger partial charge in [-0.3, -0.25) is 0 Å². The van der Waals surface area contributed by atoms with E-state index in [2.05, 4.69) is 20.8 Å². The summed E-state index contributed by atoms with van der Waals surface area (Å²) < 4.78 is 0. The number of hydrogen-bond acceptors (Lipinski definition) is 1. The molecule has 0 heterocycles. The molecule has 0 aromatic carbocycles. The molecule has 0 amide bonds. The van der Waals surface area contributed by atoms with Crippen molar-refractivity contribution in [3.63, 3.8) is 0 Å². The van der Waals surface area contributed by atoms with Gasteiger partial charge in [0, 0.05) is 6.04 Å². The molecule has 1 heteroatoms. The van der Waals surface area contributed by atoms with Gasteiger partial charge >= 0.3 is 0 Å². The lowest BCUT2D eigenvalue weighted by molar-refractivity contribution is 0.340. The minimum atomic E-state index is 0.455. The maximum absolute atomic E-state index is 6.16. The molecule has 0 aromatic heterocycles. The Bertz CT molecular complexity index is 101. The molecule has 0 fully saturated rings. The van der Waals surface area contributed by atoms with Crippen molar-refractivity contribution in [2.75, 3.05) is 0 Å². The van der Waals surface area contributed by atoms with Crippen LogP contribution in [-0.2, 0) is 0 Å². The fourth-order valence-corrected chi connectivity index (χ4v) is 1.98. The Hall–Kier alpha value is -0.0400. The predicted octanol–water partition coefficient (Wildman–Crippen LogP) is 3.72. The first-order valence-electron chi connectivity index (χ1n) is 6.01. The second kappa shape index (κ2) is 8.55. The highest BCUT2D eigenvalue weighted by atomic mass is 14.6.